The van der Waals surface area contributed by atoms with Crippen molar-refractivity contribution in [3.05, 3.63) is 0 Å². The highest BCUT2D eigenvalue weighted by molar-refractivity contribution is 5.78. The SMILES string of the molecule is O=C(O)CC1CNC(=O)CO1. The molecule has 0 radical (unpaired) electrons. The normalized spacial score (nSPS) is 24.4. The number of amides is 1. The standard InChI is InChI=1S/C6H9NO4/c8-5-3-11-4(2-7-5)1-6(9)10/h4H,1-3H2,(H,7,8)(H,9,10). The van der Waals surface area contributed by atoms with Crippen molar-refractivity contribution in [2.45, 2.75) is 12.5 Å². The van der Waals surface area contributed by atoms with Crippen LogP contribution >= 0.6 is 0 Å². The van der Waals surface area contributed by atoms with Gasteiger partial charge in [-0.2, -0.15) is 0 Å². The van der Waals surface area contributed by atoms with Crippen molar-refractivity contribution in [1.82, 2.24) is 5.32 Å². The Hall–Kier alpha value is -1.10. The summed E-state index contributed by atoms with van der Waals surface area (Å²) in [5, 5.41) is 10.8. The number of aliphatic carboxylic acids is 1. The second kappa shape index (κ2) is 3.34. The Labute approximate surface area is 63.3 Å². The van der Waals surface area contributed by atoms with Crippen LogP contribution < -0.4 is 5.32 Å². The average Bonchev–Trinajstić information content (AvgIpc) is 1.93. The van der Waals surface area contributed by atoms with E-state index in [9.17, 15) is 9.59 Å². The monoisotopic (exact) mass is 159 g/mol. The molecule has 1 heterocycles. The van der Waals surface area contributed by atoms with Gasteiger partial charge in [0, 0.05) is 6.54 Å². The Bertz CT molecular complexity index is 169. The van der Waals surface area contributed by atoms with E-state index in [0.717, 1.165) is 0 Å². The fourth-order valence-corrected chi connectivity index (χ4v) is 0.857. The molecule has 11 heavy (non-hydrogen) atoms. The Morgan fingerprint density at radius 2 is 2.55 bits per heavy atom. The van der Waals surface area contributed by atoms with Crippen LogP contribution in [0.25, 0.3) is 0 Å². The maximum atomic E-state index is 10.5. The van der Waals surface area contributed by atoms with Crippen molar-refractivity contribution in [2.75, 3.05) is 13.2 Å². The highest BCUT2D eigenvalue weighted by Gasteiger charge is 2.20. The Morgan fingerprint density at radius 1 is 1.82 bits per heavy atom. The van der Waals surface area contributed by atoms with Crippen molar-refractivity contribution >= 4 is 11.9 Å². The zero-order valence-electron chi connectivity index (χ0n) is 5.87. The van der Waals surface area contributed by atoms with Crippen molar-refractivity contribution in [3.63, 3.8) is 0 Å². The molecule has 1 unspecified atom stereocenters. The molecule has 5 nitrogen and oxygen atoms in total. The van der Waals surface area contributed by atoms with E-state index in [4.69, 9.17) is 9.84 Å². The summed E-state index contributed by atoms with van der Waals surface area (Å²) in [5.41, 5.74) is 0. The summed E-state index contributed by atoms with van der Waals surface area (Å²) in [6, 6.07) is 0. The molecule has 0 aromatic heterocycles. The van der Waals surface area contributed by atoms with Gasteiger partial charge >= 0.3 is 5.97 Å². The number of carboxylic acid groups (broad SMARTS) is 1. The maximum Gasteiger partial charge on any atom is 0.306 e. The Balaban J connectivity index is 2.28. The molecule has 1 aliphatic rings. The first-order valence-electron chi connectivity index (χ1n) is 3.28. The largest absolute Gasteiger partial charge is 0.481 e. The van der Waals surface area contributed by atoms with E-state index in [0.29, 0.717) is 6.54 Å². The van der Waals surface area contributed by atoms with Crippen LogP contribution in [0, 0.1) is 0 Å². The van der Waals surface area contributed by atoms with Crippen molar-refractivity contribution < 1.29 is 19.4 Å². The number of nitrogens with one attached hydrogen (secondary N) is 1. The van der Waals surface area contributed by atoms with Gasteiger partial charge in [-0.25, -0.2) is 0 Å². The second-order valence-corrected chi connectivity index (χ2v) is 2.33. The first-order valence-corrected chi connectivity index (χ1v) is 3.28. The highest BCUT2D eigenvalue weighted by Crippen LogP contribution is 2.00. The number of morpholine rings is 1. The van der Waals surface area contributed by atoms with Gasteiger partial charge in [0.05, 0.1) is 12.5 Å². The lowest BCUT2D eigenvalue weighted by Gasteiger charge is -2.21. The molecule has 1 aliphatic heterocycles. The molecular weight excluding hydrogens is 150 g/mol. The van der Waals surface area contributed by atoms with E-state index in [1.54, 1.807) is 0 Å². The summed E-state index contributed by atoms with van der Waals surface area (Å²) < 4.78 is 4.91. The van der Waals surface area contributed by atoms with Gasteiger partial charge in [-0.15, -0.1) is 0 Å². The maximum absolute atomic E-state index is 10.5. The number of hydrogen-bond donors (Lipinski definition) is 2. The zero-order valence-corrected chi connectivity index (χ0v) is 5.87. The number of ether oxygens (including phenoxy) is 1. The van der Waals surface area contributed by atoms with Crippen LogP contribution in [0.15, 0.2) is 0 Å². The van der Waals surface area contributed by atoms with Crippen molar-refractivity contribution in [3.8, 4) is 0 Å². The lowest BCUT2D eigenvalue weighted by molar-refractivity contribution is -0.145. The van der Waals surface area contributed by atoms with Crippen molar-refractivity contribution in [2.24, 2.45) is 0 Å². The second-order valence-electron chi connectivity index (χ2n) is 2.33. The van der Waals surface area contributed by atoms with Gasteiger partial charge in [-0.3, -0.25) is 9.59 Å². The molecule has 1 fully saturated rings. The Kier molecular flexibility index (Phi) is 2.43. The molecule has 0 saturated carbocycles. The zero-order chi connectivity index (χ0) is 8.27. The van der Waals surface area contributed by atoms with Gasteiger partial charge in [0.25, 0.3) is 0 Å². The fraction of sp³-hybridized carbons (Fsp3) is 0.667. The predicted molar refractivity (Wildman–Crippen MR) is 35.0 cm³/mol. The molecule has 2 N–H and O–H groups in total. The van der Waals surface area contributed by atoms with Gasteiger partial charge in [0.1, 0.15) is 6.61 Å². The first-order chi connectivity index (χ1) is 5.18. The van der Waals surface area contributed by atoms with Crippen LogP contribution in [-0.4, -0.2) is 36.2 Å². The molecule has 5 heteroatoms. The molecule has 1 rings (SSSR count). The summed E-state index contributed by atoms with van der Waals surface area (Å²) in [6.45, 7) is 0.267. The number of carbonyl (C=O) groups is 2. The summed E-state index contributed by atoms with van der Waals surface area (Å²) >= 11 is 0. The fourth-order valence-electron chi connectivity index (χ4n) is 0.857. The van der Waals surface area contributed by atoms with Gasteiger partial charge < -0.3 is 15.2 Å². The summed E-state index contributed by atoms with van der Waals surface area (Å²) in [5.74, 6) is -1.10. The smallest absolute Gasteiger partial charge is 0.306 e. The lowest BCUT2D eigenvalue weighted by atomic mass is 10.2. The molecular formula is C6H9NO4. The molecule has 0 aromatic rings. The molecule has 1 saturated heterocycles. The van der Waals surface area contributed by atoms with Crippen LogP contribution in [0.2, 0.25) is 0 Å². The van der Waals surface area contributed by atoms with Crippen LogP contribution in [0.4, 0.5) is 0 Å². The quantitative estimate of drug-likeness (QED) is 0.540. The van der Waals surface area contributed by atoms with Gasteiger partial charge in [0.2, 0.25) is 5.91 Å². The highest BCUT2D eigenvalue weighted by atomic mass is 16.5. The van der Waals surface area contributed by atoms with E-state index < -0.39 is 5.97 Å². The van der Waals surface area contributed by atoms with E-state index in [1.807, 2.05) is 0 Å². The molecule has 62 valence electrons. The lowest BCUT2D eigenvalue weighted by Crippen LogP contribution is -2.43. The predicted octanol–water partition coefficient (Wildman–Crippen LogP) is -1.02. The average molecular weight is 159 g/mol. The van der Waals surface area contributed by atoms with Crippen molar-refractivity contribution in [1.29, 1.82) is 0 Å². The van der Waals surface area contributed by atoms with Gasteiger partial charge in [-0.05, 0) is 0 Å². The summed E-state index contributed by atoms with van der Waals surface area (Å²) in [4.78, 5) is 20.7. The molecule has 0 spiro atoms. The minimum Gasteiger partial charge on any atom is -0.481 e. The van der Waals surface area contributed by atoms with Gasteiger partial charge in [0.15, 0.2) is 0 Å². The van der Waals surface area contributed by atoms with E-state index >= 15 is 0 Å². The molecule has 0 aliphatic carbocycles. The van der Waals surface area contributed by atoms with E-state index in [2.05, 4.69) is 5.32 Å². The molecule has 0 bridgehead atoms. The summed E-state index contributed by atoms with van der Waals surface area (Å²) in [6.07, 6.45) is -0.425. The molecule has 1 atom stereocenters. The van der Waals surface area contributed by atoms with Gasteiger partial charge in [-0.1, -0.05) is 0 Å². The minimum absolute atomic E-state index is 0.0298. The topological polar surface area (TPSA) is 75.6 Å². The van der Waals surface area contributed by atoms with Crippen LogP contribution in [-0.2, 0) is 14.3 Å². The van der Waals surface area contributed by atoms with Crippen LogP contribution in [0.5, 0.6) is 0 Å². The third-order valence-corrected chi connectivity index (χ3v) is 1.38. The minimum atomic E-state index is -0.911. The third-order valence-electron chi connectivity index (χ3n) is 1.38. The molecule has 0 aromatic carbocycles. The molecule has 1 amide bonds. The Morgan fingerprint density at radius 3 is 3.00 bits per heavy atom. The number of rotatable bonds is 2. The first kappa shape index (κ1) is 8.00. The summed E-state index contributed by atoms with van der Waals surface area (Å²) in [7, 11) is 0. The van der Waals surface area contributed by atoms with Crippen LogP contribution in [0.3, 0.4) is 0 Å². The van der Waals surface area contributed by atoms with E-state index in [1.165, 1.54) is 0 Å². The number of hydrogen-bond acceptors (Lipinski definition) is 3. The number of carboxylic acids is 1. The van der Waals surface area contributed by atoms with Crippen LogP contribution in [0.1, 0.15) is 6.42 Å². The van der Waals surface area contributed by atoms with E-state index in [-0.39, 0.29) is 25.0 Å². The number of carbonyl (C=O) groups excluding carboxylic acids is 1. The third kappa shape index (κ3) is 2.55.